The summed E-state index contributed by atoms with van der Waals surface area (Å²) in [6, 6.07) is 4.14. The van der Waals surface area contributed by atoms with Gasteiger partial charge in [0.15, 0.2) is 0 Å². The molecule has 0 amide bonds. The van der Waals surface area contributed by atoms with Crippen LogP contribution in [0.5, 0.6) is 5.75 Å². The van der Waals surface area contributed by atoms with Crippen LogP contribution in [-0.4, -0.2) is 33.0 Å². The van der Waals surface area contributed by atoms with Crippen molar-refractivity contribution in [2.24, 2.45) is 0 Å². The SMILES string of the molecule is F[B-](F)(F)c1cccc(OCCOCC(F)(F)F)c1.[K+]. The van der Waals surface area contributed by atoms with Crippen molar-refractivity contribution in [3.63, 3.8) is 0 Å². The van der Waals surface area contributed by atoms with Gasteiger partial charge >= 0.3 is 64.5 Å². The standard InChI is InChI=1S/C10H10BF6O2.K/c12-10(13,14)7-18-4-5-19-9-3-1-2-8(6-9)11(15,16)17;/h1-3,6H,4-5,7H2;/q-1;+1. The van der Waals surface area contributed by atoms with Crippen LogP contribution >= 0.6 is 0 Å². The van der Waals surface area contributed by atoms with Crippen LogP contribution in [0.4, 0.5) is 26.1 Å². The minimum Gasteiger partial charge on any atom is -0.491 e. The van der Waals surface area contributed by atoms with Crippen LogP contribution in [0.15, 0.2) is 24.3 Å². The number of hydrogen-bond acceptors (Lipinski definition) is 2. The molecule has 0 aliphatic carbocycles. The van der Waals surface area contributed by atoms with Gasteiger partial charge in [0.1, 0.15) is 19.0 Å². The fourth-order valence-electron chi connectivity index (χ4n) is 1.21. The van der Waals surface area contributed by atoms with E-state index in [4.69, 9.17) is 4.74 Å². The predicted octanol–water partition coefficient (Wildman–Crippen LogP) is -0.297. The predicted molar refractivity (Wildman–Crippen MR) is 57.5 cm³/mol. The Kier molecular flexibility index (Phi) is 8.76. The summed E-state index contributed by atoms with van der Waals surface area (Å²) in [5.41, 5.74) is -0.825. The van der Waals surface area contributed by atoms with E-state index in [1.54, 1.807) is 0 Å². The number of ether oxygens (including phenoxy) is 2. The average Bonchev–Trinajstić information content (AvgIpc) is 2.26. The molecule has 0 saturated heterocycles. The van der Waals surface area contributed by atoms with Crippen molar-refractivity contribution in [2.45, 2.75) is 6.18 Å². The minimum atomic E-state index is -5.13. The maximum Gasteiger partial charge on any atom is 1.00 e. The number of hydrogen-bond donors (Lipinski definition) is 0. The summed E-state index contributed by atoms with van der Waals surface area (Å²) >= 11 is 0. The second-order valence-corrected chi connectivity index (χ2v) is 3.66. The van der Waals surface area contributed by atoms with Crippen LogP contribution in [0, 0.1) is 0 Å². The monoisotopic (exact) mass is 326 g/mol. The third-order valence-corrected chi connectivity index (χ3v) is 2.00. The van der Waals surface area contributed by atoms with E-state index in [-0.39, 0.29) is 70.3 Å². The second kappa shape index (κ2) is 8.64. The molecular formula is C10H10BF6KO2. The van der Waals surface area contributed by atoms with Crippen LogP contribution < -0.4 is 61.6 Å². The topological polar surface area (TPSA) is 18.5 Å². The van der Waals surface area contributed by atoms with Gasteiger partial charge in [0.25, 0.3) is 0 Å². The van der Waals surface area contributed by atoms with Crippen molar-refractivity contribution in [2.75, 3.05) is 19.8 Å². The van der Waals surface area contributed by atoms with E-state index in [9.17, 15) is 26.1 Å². The Bertz CT molecular complexity index is 409. The van der Waals surface area contributed by atoms with Gasteiger partial charge in [-0.2, -0.15) is 13.2 Å². The smallest absolute Gasteiger partial charge is 0.491 e. The Balaban J connectivity index is 0.00000361. The molecule has 20 heavy (non-hydrogen) atoms. The van der Waals surface area contributed by atoms with Crippen molar-refractivity contribution in [1.82, 2.24) is 0 Å². The van der Waals surface area contributed by atoms with E-state index in [2.05, 4.69) is 4.74 Å². The minimum absolute atomic E-state index is 0. The average molecular weight is 326 g/mol. The molecule has 108 valence electrons. The molecule has 0 radical (unpaired) electrons. The molecule has 0 atom stereocenters. The van der Waals surface area contributed by atoms with Crippen molar-refractivity contribution in [3.05, 3.63) is 24.3 Å². The molecule has 0 aliphatic rings. The van der Waals surface area contributed by atoms with E-state index < -0.39 is 25.2 Å². The number of halogens is 6. The van der Waals surface area contributed by atoms with Gasteiger partial charge in [-0.3, -0.25) is 0 Å². The molecule has 2 nitrogen and oxygen atoms in total. The molecule has 10 heteroatoms. The van der Waals surface area contributed by atoms with Gasteiger partial charge in [-0.25, -0.2) is 0 Å². The molecule has 1 aromatic rings. The summed E-state index contributed by atoms with van der Waals surface area (Å²) in [7, 11) is 0. The van der Waals surface area contributed by atoms with Gasteiger partial charge in [0.05, 0.1) is 6.61 Å². The molecular weight excluding hydrogens is 316 g/mol. The van der Waals surface area contributed by atoms with E-state index >= 15 is 0 Å². The van der Waals surface area contributed by atoms with Gasteiger partial charge in [0.2, 0.25) is 0 Å². The first kappa shape index (κ1) is 20.3. The third-order valence-electron chi connectivity index (χ3n) is 2.00. The van der Waals surface area contributed by atoms with E-state index in [1.807, 2.05) is 0 Å². The largest absolute Gasteiger partial charge is 1.00 e. The molecule has 1 rings (SSSR count). The van der Waals surface area contributed by atoms with Gasteiger partial charge in [-0.05, 0) is 12.1 Å². The molecule has 0 unspecified atom stereocenters. The molecule has 0 fully saturated rings. The zero-order valence-corrected chi connectivity index (χ0v) is 13.7. The normalized spacial score (nSPS) is 11.9. The second-order valence-electron chi connectivity index (χ2n) is 3.66. The molecule has 0 heterocycles. The van der Waals surface area contributed by atoms with Crippen molar-refractivity contribution in [1.29, 1.82) is 0 Å². The summed E-state index contributed by atoms with van der Waals surface area (Å²) in [6.45, 7) is -7.16. The molecule has 0 aromatic heterocycles. The first-order valence-corrected chi connectivity index (χ1v) is 5.26. The number of benzene rings is 1. The molecule has 0 N–H and O–H groups in total. The fourth-order valence-corrected chi connectivity index (χ4v) is 1.21. The molecule has 0 bridgehead atoms. The third kappa shape index (κ3) is 8.53. The zero-order chi connectivity index (χ0) is 14.5. The number of alkyl halides is 3. The first-order valence-electron chi connectivity index (χ1n) is 5.26. The van der Waals surface area contributed by atoms with Crippen LogP contribution in [0.1, 0.15) is 0 Å². The molecule has 0 spiro atoms. The van der Waals surface area contributed by atoms with Crippen LogP contribution in [0.3, 0.4) is 0 Å². The van der Waals surface area contributed by atoms with E-state index in [0.29, 0.717) is 0 Å². The van der Waals surface area contributed by atoms with Crippen molar-refractivity contribution >= 4 is 12.4 Å². The Morgan fingerprint density at radius 1 is 1.05 bits per heavy atom. The zero-order valence-electron chi connectivity index (χ0n) is 10.6. The van der Waals surface area contributed by atoms with Gasteiger partial charge < -0.3 is 22.4 Å². The molecule has 0 saturated carbocycles. The Morgan fingerprint density at radius 2 is 1.70 bits per heavy atom. The summed E-state index contributed by atoms with van der Waals surface area (Å²) in [5.74, 6) is -0.0627. The fraction of sp³-hybridized carbons (Fsp3) is 0.400. The van der Waals surface area contributed by atoms with Crippen LogP contribution in [0.2, 0.25) is 0 Å². The molecule has 1 aromatic carbocycles. The first-order chi connectivity index (χ1) is 8.68. The van der Waals surface area contributed by atoms with Crippen LogP contribution in [-0.2, 0) is 4.74 Å². The summed E-state index contributed by atoms with van der Waals surface area (Å²) in [5, 5.41) is 0. The van der Waals surface area contributed by atoms with E-state index in [1.165, 1.54) is 6.07 Å². The van der Waals surface area contributed by atoms with Crippen molar-refractivity contribution < 1.29 is 87.0 Å². The molecule has 0 aliphatic heterocycles. The van der Waals surface area contributed by atoms with Gasteiger partial charge in [0, 0.05) is 0 Å². The van der Waals surface area contributed by atoms with Crippen molar-refractivity contribution in [3.8, 4) is 5.75 Å². The van der Waals surface area contributed by atoms with E-state index in [0.717, 1.165) is 18.2 Å². The van der Waals surface area contributed by atoms with Gasteiger partial charge in [-0.15, -0.1) is 5.46 Å². The van der Waals surface area contributed by atoms with Crippen LogP contribution in [0.25, 0.3) is 0 Å². The summed E-state index contributed by atoms with van der Waals surface area (Å²) in [6.07, 6.45) is -4.43. The maximum atomic E-state index is 12.4. The quantitative estimate of drug-likeness (QED) is 0.406. The Labute approximate surface area is 154 Å². The van der Waals surface area contributed by atoms with Gasteiger partial charge in [-0.1, -0.05) is 12.1 Å². The maximum absolute atomic E-state index is 12.4. The number of rotatable bonds is 6. The summed E-state index contributed by atoms with van der Waals surface area (Å²) in [4.78, 5) is 0. The summed E-state index contributed by atoms with van der Waals surface area (Å²) < 4.78 is 81.4. The Hall–Kier alpha value is 0.261. The Morgan fingerprint density at radius 3 is 2.25 bits per heavy atom.